The fraction of sp³-hybridized carbons (Fsp3) is 0.692. The minimum absolute atomic E-state index is 0.0835. The normalized spacial score (nSPS) is 44.4. The molecular weight excluding hydrogens is 909 g/mol. The predicted octanol–water partition coefficient (Wildman–Crippen LogP) is 1.64. The first kappa shape index (κ1) is 59.1. The van der Waals surface area contributed by atoms with Crippen molar-refractivity contribution >= 4 is 11.9 Å². The Morgan fingerprint density at radius 3 is 1.86 bits per heavy atom. The molecule has 0 aromatic carbocycles. The molecule has 18 nitrogen and oxygen atoms in total. The number of allylic oxidation sites excluding steroid dienone is 12. The van der Waals surface area contributed by atoms with Crippen LogP contribution >= 0.6 is 0 Å². The van der Waals surface area contributed by atoms with Crippen LogP contribution in [0, 0.1) is 17.8 Å². The van der Waals surface area contributed by atoms with Crippen molar-refractivity contribution in [1.82, 2.24) is 4.90 Å². The summed E-state index contributed by atoms with van der Waals surface area (Å²) in [5.41, 5.74) is 6.13. The average molecular weight is 991 g/mol. The molecule has 4 aliphatic heterocycles. The lowest BCUT2D eigenvalue weighted by Gasteiger charge is -2.47. The second-order valence-corrected chi connectivity index (χ2v) is 19.6. The van der Waals surface area contributed by atoms with Gasteiger partial charge in [-0.15, -0.1) is 0 Å². The van der Waals surface area contributed by atoms with Gasteiger partial charge in [0.1, 0.15) is 12.2 Å². The van der Waals surface area contributed by atoms with Crippen LogP contribution in [0.5, 0.6) is 0 Å². The third kappa shape index (κ3) is 18.9. The lowest BCUT2D eigenvalue weighted by atomic mass is 9.81. The van der Waals surface area contributed by atoms with Crippen molar-refractivity contribution in [3.63, 3.8) is 0 Å². The number of carbonyl (C=O) groups is 2. The van der Waals surface area contributed by atoms with Gasteiger partial charge < -0.3 is 80.6 Å². The number of carbonyl (C=O) groups excluding carboxylic acids is 2. The van der Waals surface area contributed by atoms with Gasteiger partial charge in [0.05, 0.1) is 85.5 Å². The number of likely N-dealkylation sites (tertiary alicyclic amines) is 1. The lowest BCUT2D eigenvalue weighted by Crippen LogP contribution is -2.62. The van der Waals surface area contributed by atoms with Gasteiger partial charge in [-0.1, -0.05) is 98.9 Å². The Bertz CT molecular complexity index is 1800. The highest BCUT2D eigenvalue weighted by Crippen LogP contribution is 2.39. The Labute approximate surface area is 412 Å². The molecule has 0 aromatic heterocycles. The highest BCUT2D eigenvalue weighted by Gasteiger charge is 2.51. The van der Waals surface area contributed by atoms with E-state index in [0.29, 0.717) is 13.1 Å². The highest BCUT2D eigenvalue weighted by atomic mass is 16.7. The second-order valence-electron chi connectivity index (χ2n) is 19.6. The summed E-state index contributed by atoms with van der Waals surface area (Å²) in [5.74, 6) is -5.24. The van der Waals surface area contributed by atoms with E-state index >= 15 is 0 Å². The van der Waals surface area contributed by atoms with Crippen molar-refractivity contribution in [1.29, 1.82) is 0 Å². The van der Waals surface area contributed by atoms with Gasteiger partial charge >= 0.3 is 5.97 Å². The van der Waals surface area contributed by atoms with Gasteiger partial charge in [0.15, 0.2) is 12.1 Å². The number of aliphatic hydroxyl groups excluding tert-OH is 9. The number of rotatable bonds is 3. The molecule has 12 N–H and O–H groups in total. The molecule has 18 heteroatoms. The number of nitrogens with zero attached hydrogens (tertiary/aromatic N) is 1. The standard InChI is InChI=1S/C52H82N2O16/c1-32-20-16-13-11-9-7-5-6-8-10-12-14-17-21-39(69-51-49(64)46(53)48(63)35(4)68-51)29-43-45(50(65)54-24-18-15-19-25-54)42(60)31-52(66,70-43)30-38(57)27-41(59)40(58)23-22-36(55)26-37(56)28-44(61)67-34(3)33(2)47(32)62/h5-14,16-17,20-21,32-43,45-49,51,55-60,62-64,66H,15,18-19,22-31,53H2,1-4H3/b6-5+,9-7+,10-8+,13-11+,14-12+,20-16+,21-17+/t32-,33-,34-,35+,36+,37+,38-,39-,40+,41+,42-,43-,45+,46-,47+,48+,49-,51-,52+/m0/s1. The lowest BCUT2D eigenvalue weighted by molar-refractivity contribution is -0.308. The molecule has 4 rings (SSSR count). The van der Waals surface area contributed by atoms with Crippen molar-refractivity contribution in [2.24, 2.45) is 23.5 Å². The van der Waals surface area contributed by atoms with E-state index in [1.54, 1.807) is 62.1 Å². The number of amides is 1. The number of fused-ring (bicyclic) bond motifs is 2. The number of nitrogens with two attached hydrogens (primary N) is 1. The number of aliphatic hydroxyl groups is 10. The van der Waals surface area contributed by atoms with E-state index in [0.717, 1.165) is 19.3 Å². The van der Waals surface area contributed by atoms with Crippen LogP contribution in [0.1, 0.15) is 98.3 Å². The molecule has 4 aliphatic rings. The first-order valence-corrected chi connectivity index (χ1v) is 25.0. The largest absolute Gasteiger partial charge is 0.462 e. The zero-order valence-corrected chi connectivity index (χ0v) is 41.1. The molecule has 0 spiro atoms. The molecule has 3 fully saturated rings. The maximum Gasteiger partial charge on any atom is 0.308 e. The summed E-state index contributed by atoms with van der Waals surface area (Å²) < 4.78 is 23.9. The van der Waals surface area contributed by atoms with Gasteiger partial charge in [0.25, 0.3) is 0 Å². The quantitative estimate of drug-likeness (QED) is 0.179. The topological polar surface area (TPSA) is 303 Å². The fourth-order valence-electron chi connectivity index (χ4n) is 9.29. The first-order chi connectivity index (χ1) is 33.2. The number of ether oxygens (including phenoxy) is 4. The van der Waals surface area contributed by atoms with Gasteiger partial charge in [-0.3, -0.25) is 9.59 Å². The molecule has 0 unspecified atom stereocenters. The maximum absolute atomic E-state index is 14.2. The average Bonchev–Trinajstić information content (AvgIpc) is 3.30. The molecule has 3 saturated heterocycles. The second kappa shape index (κ2) is 29.3. The zero-order valence-electron chi connectivity index (χ0n) is 41.1. The van der Waals surface area contributed by atoms with Crippen LogP contribution in [0.15, 0.2) is 85.1 Å². The minimum Gasteiger partial charge on any atom is -0.462 e. The monoisotopic (exact) mass is 991 g/mol. The van der Waals surface area contributed by atoms with Crippen LogP contribution in [0.4, 0.5) is 0 Å². The molecule has 0 aromatic rings. The SMILES string of the molecule is C[C@@H]1[C@H](O)[C@@H](C)/C=C/C=C/C=C/C=C/C=C/C=C/C=C/[C@H](O[C@@H]2O[C@H](C)[C@@H](O)[C@H](N)[C@@H]2O)C[C@@H]2O[C@](O)(C[C@@H](O)C[C@@H](O)[C@H](O)CC[C@@H](O)C[C@@H](O)CC(=O)O[C@H]1C)C[C@H](O)[C@H]2C(=O)N1CCCCC1. The molecule has 2 bridgehead atoms. The van der Waals surface area contributed by atoms with Crippen molar-refractivity contribution in [3.8, 4) is 0 Å². The molecule has 4 heterocycles. The smallest absolute Gasteiger partial charge is 0.308 e. The molecule has 0 aliphatic carbocycles. The van der Waals surface area contributed by atoms with Gasteiger partial charge in [-0.2, -0.15) is 0 Å². The fourth-order valence-corrected chi connectivity index (χ4v) is 9.29. The zero-order chi connectivity index (χ0) is 51.5. The molecular formula is C52H82N2O16. The summed E-state index contributed by atoms with van der Waals surface area (Å²) in [7, 11) is 0. The van der Waals surface area contributed by atoms with Crippen LogP contribution in [-0.2, 0) is 28.5 Å². The van der Waals surface area contributed by atoms with Crippen LogP contribution < -0.4 is 5.73 Å². The Morgan fingerprint density at radius 2 is 1.24 bits per heavy atom. The number of esters is 1. The van der Waals surface area contributed by atoms with Gasteiger partial charge in [-0.25, -0.2) is 0 Å². The van der Waals surface area contributed by atoms with Crippen molar-refractivity contribution < 1.29 is 79.6 Å². The van der Waals surface area contributed by atoms with E-state index in [4.69, 9.17) is 24.7 Å². The number of hydrogen-bond donors (Lipinski definition) is 11. The number of piperidine rings is 1. The molecule has 396 valence electrons. The third-order valence-corrected chi connectivity index (χ3v) is 13.7. The van der Waals surface area contributed by atoms with Crippen LogP contribution in [0.3, 0.4) is 0 Å². The summed E-state index contributed by atoms with van der Waals surface area (Å²) in [5, 5.41) is 110. The third-order valence-electron chi connectivity index (χ3n) is 13.7. The van der Waals surface area contributed by atoms with Gasteiger partial charge in [0, 0.05) is 50.6 Å². The van der Waals surface area contributed by atoms with E-state index < -0.39 is 141 Å². The van der Waals surface area contributed by atoms with Crippen molar-refractivity contribution in [2.75, 3.05) is 13.1 Å². The maximum atomic E-state index is 14.2. The molecule has 0 radical (unpaired) electrons. The van der Waals surface area contributed by atoms with Gasteiger partial charge in [-0.05, 0) is 52.4 Å². The van der Waals surface area contributed by atoms with Crippen LogP contribution in [-0.4, -0.2) is 178 Å². The number of hydrogen-bond acceptors (Lipinski definition) is 17. The molecule has 0 saturated carbocycles. The van der Waals surface area contributed by atoms with E-state index in [2.05, 4.69) is 0 Å². The van der Waals surface area contributed by atoms with Crippen LogP contribution in [0.2, 0.25) is 0 Å². The molecule has 19 atom stereocenters. The Hall–Kier alpha value is -3.44. The Balaban J connectivity index is 1.60. The summed E-state index contributed by atoms with van der Waals surface area (Å²) in [6.07, 6.45) is 7.94. The summed E-state index contributed by atoms with van der Waals surface area (Å²) in [6.45, 7) is 7.76. The Kier molecular flexibility index (Phi) is 24.8. The molecule has 1 amide bonds. The van der Waals surface area contributed by atoms with E-state index in [9.17, 15) is 60.7 Å². The molecule has 70 heavy (non-hydrogen) atoms. The van der Waals surface area contributed by atoms with Crippen molar-refractivity contribution in [2.45, 2.75) is 196 Å². The highest BCUT2D eigenvalue weighted by molar-refractivity contribution is 5.80. The van der Waals surface area contributed by atoms with Gasteiger partial charge in [0.2, 0.25) is 5.91 Å². The van der Waals surface area contributed by atoms with Crippen molar-refractivity contribution in [3.05, 3.63) is 85.1 Å². The minimum atomic E-state index is -2.24. The van der Waals surface area contributed by atoms with E-state index in [1.165, 1.54) is 0 Å². The first-order valence-electron chi connectivity index (χ1n) is 25.0. The number of cyclic esters (lactones) is 1. The summed E-state index contributed by atoms with van der Waals surface area (Å²) in [6, 6.07) is -1.11. The summed E-state index contributed by atoms with van der Waals surface area (Å²) in [4.78, 5) is 28.5. The predicted molar refractivity (Wildman–Crippen MR) is 260 cm³/mol. The summed E-state index contributed by atoms with van der Waals surface area (Å²) >= 11 is 0. The Morgan fingerprint density at radius 1 is 0.657 bits per heavy atom. The van der Waals surface area contributed by atoms with E-state index in [1.807, 2.05) is 55.5 Å². The van der Waals surface area contributed by atoms with Crippen LogP contribution in [0.25, 0.3) is 0 Å². The van der Waals surface area contributed by atoms with E-state index in [-0.39, 0.29) is 37.5 Å².